The van der Waals surface area contributed by atoms with E-state index >= 15 is 0 Å². The van der Waals surface area contributed by atoms with E-state index in [1.165, 1.54) is 0 Å². The fourth-order valence-electron chi connectivity index (χ4n) is 4.88. The number of hydrogen-bond acceptors (Lipinski definition) is 7. The van der Waals surface area contributed by atoms with Crippen molar-refractivity contribution >= 4 is 5.82 Å². The summed E-state index contributed by atoms with van der Waals surface area (Å²) in [6, 6.07) is 7.87. The summed E-state index contributed by atoms with van der Waals surface area (Å²) in [7, 11) is 3.68. The van der Waals surface area contributed by atoms with E-state index in [4.69, 9.17) is 15.2 Å². The van der Waals surface area contributed by atoms with Crippen LogP contribution < -0.4 is 5.73 Å². The fraction of sp³-hybridized carbons (Fsp3) is 0.583. The minimum atomic E-state index is -0.826. The van der Waals surface area contributed by atoms with Gasteiger partial charge in [0.1, 0.15) is 17.0 Å². The van der Waals surface area contributed by atoms with Crippen LogP contribution in [0.4, 0.5) is 5.82 Å². The summed E-state index contributed by atoms with van der Waals surface area (Å²) in [4.78, 5) is 0. The van der Waals surface area contributed by atoms with Crippen LogP contribution in [0.3, 0.4) is 0 Å². The van der Waals surface area contributed by atoms with Crippen molar-refractivity contribution in [2.24, 2.45) is 14.1 Å². The molecule has 3 aromatic rings. The number of rotatable bonds is 3. The van der Waals surface area contributed by atoms with Gasteiger partial charge in [-0.1, -0.05) is 0 Å². The molecule has 5 rings (SSSR count). The van der Waals surface area contributed by atoms with Crippen molar-refractivity contribution in [3.8, 4) is 5.82 Å². The summed E-state index contributed by atoms with van der Waals surface area (Å²) < 4.78 is 16.1. The maximum Gasteiger partial charge on any atom is 0.159 e. The third kappa shape index (κ3) is 4.76. The Bertz CT molecular complexity index is 1100. The summed E-state index contributed by atoms with van der Waals surface area (Å²) in [5.74, 6) is 1.31. The first-order chi connectivity index (χ1) is 16.1. The molecule has 2 aliphatic heterocycles. The van der Waals surface area contributed by atoms with Crippen LogP contribution in [0.2, 0.25) is 0 Å². The summed E-state index contributed by atoms with van der Waals surface area (Å²) >= 11 is 0. The van der Waals surface area contributed by atoms with Crippen LogP contribution in [0.5, 0.6) is 0 Å². The third-order valence-corrected chi connectivity index (χ3v) is 6.86. The highest BCUT2D eigenvalue weighted by Crippen LogP contribution is 2.33. The highest BCUT2D eigenvalue weighted by atomic mass is 16.5. The minimum absolute atomic E-state index is 0.447. The van der Waals surface area contributed by atoms with Crippen molar-refractivity contribution in [1.82, 2.24) is 24.1 Å². The van der Waals surface area contributed by atoms with Gasteiger partial charge >= 0.3 is 0 Å². The molecular formula is C24H36N6O4. The normalized spacial score (nSPS) is 19.5. The van der Waals surface area contributed by atoms with Crippen LogP contribution in [-0.2, 0) is 34.8 Å². The van der Waals surface area contributed by atoms with Crippen LogP contribution in [0.25, 0.3) is 5.82 Å². The number of aryl methyl sites for hydroxylation is 4. The second kappa shape index (κ2) is 9.53. The van der Waals surface area contributed by atoms with E-state index in [0.717, 1.165) is 28.6 Å². The Morgan fingerprint density at radius 2 is 1.24 bits per heavy atom. The lowest BCUT2D eigenvalue weighted by Crippen LogP contribution is -2.35. The Labute approximate surface area is 199 Å². The molecule has 0 saturated carbocycles. The van der Waals surface area contributed by atoms with Crippen molar-refractivity contribution in [3.05, 3.63) is 47.0 Å². The van der Waals surface area contributed by atoms with Crippen molar-refractivity contribution in [3.63, 3.8) is 0 Å². The number of nitrogens with zero attached hydrogens (tertiary/aromatic N) is 5. The molecule has 186 valence electrons. The molecule has 2 aliphatic rings. The second-order valence-electron chi connectivity index (χ2n) is 9.33. The Morgan fingerprint density at radius 3 is 1.68 bits per heavy atom. The average Bonchev–Trinajstić information content (AvgIpc) is 3.46. The summed E-state index contributed by atoms with van der Waals surface area (Å²) in [5.41, 5.74) is 7.85. The first-order valence-electron chi connectivity index (χ1n) is 11.7. The van der Waals surface area contributed by atoms with Crippen LogP contribution >= 0.6 is 0 Å². The number of hydrogen-bond donors (Lipinski definition) is 3. The second-order valence-corrected chi connectivity index (χ2v) is 9.33. The van der Waals surface area contributed by atoms with Gasteiger partial charge in [-0.3, -0.25) is 9.36 Å². The van der Waals surface area contributed by atoms with E-state index in [1.54, 1.807) is 22.5 Å². The molecule has 0 radical (unpaired) electrons. The zero-order valence-corrected chi connectivity index (χ0v) is 20.5. The Hall–Kier alpha value is -2.66. The molecule has 2 saturated heterocycles. The molecule has 3 aromatic heterocycles. The first-order valence-corrected chi connectivity index (χ1v) is 11.7. The van der Waals surface area contributed by atoms with Gasteiger partial charge in [-0.25, -0.2) is 0 Å². The van der Waals surface area contributed by atoms with Crippen LogP contribution in [0, 0.1) is 13.8 Å². The SMILES string of the molecule is Cc1ccc(C)n1-c1cc(C2(O)CCOCC2)n(C)n1.Cn1nc(N)cc1C1(O)CCOCC1. The first kappa shape index (κ1) is 24.5. The lowest BCUT2D eigenvalue weighted by Gasteiger charge is -2.31. The number of nitrogens with two attached hydrogens (primary N) is 1. The maximum atomic E-state index is 10.8. The molecule has 10 heteroatoms. The Kier molecular flexibility index (Phi) is 6.86. The molecule has 0 amide bonds. The van der Waals surface area contributed by atoms with Crippen molar-refractivity contribution in [1.29, 1.82) is 0 Å². The molecule has 0 atom stereocenters. The Morgan fingerprint density at radius 1 is 0.794 bits per heavy atom. The number of ether oxygens (including phenoxy) is 2. The highest BCUT2D eigenvalue weighted by molar-refractivity contribution is 5.35. The van der Waals surface area contributed by atoms with Crippen LogP contribution in [-0.4, -0.2) is 60.8 Å². The molecule has 5 heterocycles. The monoisotopic (exact) mass is 472 g/mol. The average molecular weight is 473 g/mol. The molecule has 0 unspecified atom stereocenters. The van der Waals surface area contributed by atoms with Gasteiger partial charge < -0.3 is 30.0 Å². The predicted molar refractivity (Wildman–Crippen MR) is 128 cm³/mol. The van der Waals surface area contributed by atoms with Gasteiger partial charge in [0, 0.05) is 89.7 Å². The van der Waals surface area contributed by atoms with E-state index in [1.807, 2.05) is 13.1 Å². The molecule has 2 fully saturated rings. The van der Waals surface area contributed by atoms with Gasteiger partial charge in [0.05, 0.1) is 11.4 Å². The number of nitrogen functional groups attached to an aromatic ring is 1. The topological polar surface area (TPSA) is 126 Å². The Balaban J connectivity index is 0.000000172. The summed E-state index contributed by atoms with van der Waals surface area (Å²) in [5, 5.41) is 29.8. The maximum absolute atomic E-state index is 10.8. The van der Waals surface area contributed by atoms with Gasteiger partial charge in [0.2, 0.25) is 0 Å². The molecular weight excluding hydrogens is 436 g/mol. The highest BCUT2D eigenvalue weighted by Gasteiger charge is 2.36. The summed E-state index contributed by atoms with van der Waals surface area (Å²) in [6.45, 7) is 6.48. The molecule has 0 aliphatic carbocycles. The quantitative estimate of drug-likeness (QED) is 0.531. The molecule has 0 spiro atoms. The molecule has 34 heavy (non-hydrogen) atoms. The smallest absolute Gasteiger partial charge is 0.159 e. The molecule has 0 aromatic carbocycles. The number of anilines is 1. The number of aliphatic hydroxyl groups is 2. The van der Waals surface area contributed by atoms with E-state index in [9.17, 15) is 10.2 Å². The fourth-order valence-corrected chi connectivity index (χ4v) is 4.88. The van der Waals surface area contributed by atoms with Crippen LogP contribution in [0.1, 0.15) is 48.5 Å². The van der Waals surface area contributed by atoms with Gasteiger partial charge in [-0.15, -0.1) is 0 Å². The van der Waals surface area contributed by atoms with E-state index in [0.29, 0.717) is 57.9 Å². The predicted octanol–water partition coefficient (Wildman–Crippen LogP) is 1.83. The zero-order chi connectivity index (χ0) is 24.5. The minimum Gasteiger partial charge on any atom is -0.383 e. The van der Waals surface area contributed by atoms with Crippen molar-refractivity contribution in [2.45, 2.75) is 50.7 Å². The number of aromatic nitrogens is 5. The van der Waals surface area contributed by atoms with Crippen LogP contribution in [0.15, 0.2) is 24.3 Å². The van der Waals surface area contributed by atoms with Gasteiger partial charge in [0.25, 0.3) is 0 Å². The molecule has 0 bridgehead atoms. The van der Waals surface area contributed by atoms with Gasteiger partial charge in [-0.05, 0) is 26.0 Å². The van der Waals surface area contributed by atoms with E-state index in [-0.39, 0.29) is 0 Å². The summed E-state index contributed by atoms with van der Waals surface area (Å²) in [6.07, 6.45) is 2.45. The lowest BCUT2D eigenvalue weighted by atomic mass is 9.90. The van der Waals surface area contributed by atoms with E-state index in [2.05, 4.69) is 40.7 Å². The molecule has 10 nitrogen and oxygen atoms in total. The third-order valence-electron chi connectivity index (χ3n) is 6.86. The molecule has 4 N–H and O–H groups in total. The van der Waals surface area contributed by atoms with Crippen molar-refractivity contribution < 1.29 is 19.7 Å². The standard InChI is InChI=1S/C15H21N3O2.C9H15N3O2/c1-11-4-5-12(2)18(11)14-10-13(17(3)16-14)15(19)6-8-20-9-7-15;1-12-7(6-8(10)11-12)9(13)2-4-14-5-3-9/h4-5,10,19H,6-9H2,1-3H3;6,13H,2-5H2,1H3,(H2,10,11). The largest absolute Gasteiger partial charge is 0.383 e. The lowest BCUT2D eigenvalue weighted by molar-refractivity contribution is -0.0729. The van der Waals surface area contributed by atoms with E-state index < -0.39 is 11.2 Å². The zero-order valence-electron chi connectivity index (χ0n) is 20.5. The van der Waals surface area contributed by atoms with Gasteiger partial charge in [-0.2, -0.15) is 10.2 Å². The van der Waals surface area contributed by atoms with Crippen molar-refractivity contribution in [2.75, 3.05) is 32.2 Å². The van der Waals surface area contributed by atoms with Gasteiger partial charge in [0.15, 0.2) is 5.82 Å².